The minimum absolute atomic E-state index is 0.445. The molecule has 0 aliphatic carbocycles. The summed E-state index contributed by atoms with van der Waals surface area (Å²) in [5.74, 6) is 0. The van der Waals surface area contributed by atoms with Crippen molar-refractivity contribution in [3.8, 4) is 0 Å². The highest BCUT2D eigenvalue weighted by Crippen LogP contribution is 2.10. The van der Waals surface area contributed by atoms with Crippen LogP contribution in [0.3, 0.4) is 0 Å². The topological polar surface area (TPSA) is 71.1 Å². The van der Waals surface area contributed by atoms with Gasteiger partial charge in [0.05, 0.1) is 27.4 Å². The van der Waals surface area contributed by atoms with Crippen molar-refractivity contribution in [2.45, 2.75) is 64.2 Å². The summed E-state index contributed by atoms with van der Waals surface area (Å²) in [5, 5.41) is 0. The fourth-order valence-corrected chi connectivity index (χ4v) is 2.05. The monoisotopic (exact) mass is 318 g/mol. The highest BCUT2D eigenvalue weighted by molar-refractivity contribution is 5.59. The van der Waals surface area contributed by atoms with Crippen LogP contribution in [0.25, 0.3) is 0 Å². The average Bonchev–Trinajstić information content (AvgIpc) is 2.54. The Morgan fingerprint density at radius 1 is 0.545 bits per heavy atom. The Hall–Kier alpha value is -1.46. The van der Waals surface area contributed by atoms with E-state index in [0.29, 0.717) is 13.2 Å². The maximum Gasteiger partial charge on any atom is 0.507 e. The number of hydrogen-bond acceptors (Lipinski definition) is 6. The Morgan fingerprint density at radius 2 is 0.818 bits per heavy atom. The van der Waals surface area contributed by atoms with Gasteiger partial charge in [-0.25, -0.2) is 9.59 Å². The van der Waals surface area contributed by atoms with E-state index < -0.39 is 12.3 Å². The van der Waals surface area contributed by atoms with Crippen LogP contribution >= 0.6 is 0 Å². The first kappa shape index (κ1) is 20.5. The van der Waals surface area contributed by atoms with Gasteiger partial charge in [-0.3, -0.25) is 0 Å². The van der Waals surface area contributed by atoms with E-state index in [1.165, 1.54) is 52.7 Å². The summed E-state index contributed by atoms with van der Waals surface area (Å²) in [4.78, 5) is 21.4. The Morgan fingerprint density at radius 3 is 1.09 bits per heavy atom. The molecule has 0 aromatic heterocycles. The molecule has 6 heteroatoms. The molecule has 0 aromatic carbocycles. The molecule has 0 bridgehead atoms. The molecule has 0 spiro atoms. The lowest BCUT2D eigenvalue weighted by molar-refractivity contribution is 0.0703. The summed E-state index contributed by atoms with van der Waals surface area (Å²) in [7, 11) is 2.63. The molecule has 0 amide bonds. The highest BCUT2D eigenvalue weighted by Gasteiger charge is 2.00. The molecule has 22 heavy (non-hydrogen) atoms. The van der Waals surface area contributed by atoms with E-state index in [1.807, 2.05) is 0 Å². The highest BCUT2D eigenvalue weighted by atomic mass is 16.7. The van der Waals surface area contributed by atoms with Crippen molar-refractivity contribution in [3.05, 3.63) is 0 Å². The van der Waals surface area contributed by atoms with E-state index >= 15 is 0 Å². The molecular weight excluding hydrogens is 288 g/mol. The molecule has 0 atom stereocenters. The van der Waals surface area contributed by atoms with Crippen LogP contribution in [-0.2, 0) is 18.9 Å². The molecule has 0 radical (unpaired) electrons. The number of rotatable bonds is 13. The predicted octanol–water partition coefficient (Wildman–Crippen LogP) is 4.45. The molecule has 0 heterocycles. The molecule has 0 aliphatic rings. The SMILES string of the molecule is COC(=O)OCCCCCCCCCCCCOC(=O)OC. The van der Waals surface area contributed by atoms with Gasteiger partial charge in [0.15, 0.2) is 0 Å². The van der Waals surface area contributed by atoms with E-state index in [1.54, 1.807) is 0 Å². The second kappa shape index (κ2) is 15.9. The lowest BCUT2D eigenvalue weighted by Gasteiger charge is -2.04. The Kier molecular flexibility index (Phi) is 14.9. The smallest absolute Gasteiger partial charge is 0.438 e. The third-order valence-corrected chi connectivity index (χ3v) is 3.31. The van der Waals surface area contributed by atoms with E-state index in [0.717, 1.165) is 25.7 Å². The lowest BCUT2D eigenvalue weighted by Crippen LogP contribution is -2.05. The minimum Gasteiger partial charge on any atom is -0.438 e. The molecule has 0 saturated carbocycles. The number of methoxy groups -OCH3 is 2. The number of carbonyl (C=O) groups is 2. The van der Waals surface area contributed by atoms with Crippen LogP contribution in [0.4, 0.5) is 9.59 Å². The van der Waals surface area contributed by atoms with Gasteiger partial charge in [0.25, 0.3) is 0 Å². The molecule has 6 nitrogen and oxygen atoms in total. The molecule has 0 saturated heterocycles. The van der Waals surface area contributed by atoms with Crippen molar-refractivity contribution in [1.82, 2.24) is 0 Å². The summed E-state index contributed by atoms with van der Waals surface area (Å²) >= 11 is 0. The first-order valence-corrected chi connectivity index (χ1v) is 8.12. The first-order chi connectivity index (χ1) is 10.7. The zero-order valence-electron chi connectivity index (χ0n) is 13.9. The molecule has 0 unspecified atom stereocenters. The lowest BCUT2D eigenvalue weighted by atomic mass is 10.1. The first-order valence-electron chi connectivity index (χ1n) is 8.12. The molecule has 0 rings (SSSR count). The third-order valence-electron chi connectivity index (χ3n) is 3.31. The predicted molar refractivity (Wildman–Crippen MR) is 82.9 cm³/mol. The van der Waals surface area contributed by atoms with Gasteiger partial charge in [0.2, 0.25) is 0 Å². The van der Waals surface area contributed by atoms with Gasteiger partial charge in [-0.2, -0.15) is 0 Å². The van der Waals surface area contributed by atoms with Gasteiger partial charge < -0.3 is 18.9 Å². The van der Waals surface area contributed by atoms with Gasteiger partial charge in [0.1, 0.15) is 0 Å². The zero-order valence-corrected chi connectivity index (χ0v) is 13.9. The maximum atomic E-state index is 10.7. The van der Waals surface area contributed by atoms with Gasteiger partial charge >= 0.3 is 12.3 Å². The van der Waals surface area contributed by atoms with Gasteiger partial charge in [-0.05, 0) is 12.8 Å². The van der Waals surface area contributed by atoms with Crippen molar-refractivity contribution in [2.75, 3.05) is 27.4 Å². The van der Waals surface area contributed by atoms with E-state index in [-0.39, 0.29) is 0 Å². The summed E-state index contributed by atoms with van der Waals surface area (Å²) in [5.41, 5.74) is 0. The molecule has 0 aromatic rings. The van der Waals surface area contributed by atoms with Crippen LogP contribution in [0.5, 0.6) is 0 Å². The van der Waals surface area contributed by atoms with Crippen molar-refractivity contribution in [1.29, 1.82) is 0 Å². The fraction of sp³-hybridized carbons (Fsp3) is 0.875. The van der Waals surface area contributed by atoms with Gasteiger partial charge in [-0.15, -0.1) is 0 Å². The van der Waals surface area contributed by atoms with Gasteiger partial charge in [-0.1, -0.05) is 51.4 Å². The van der Waals surface area contributed by atoms with Crippen LogP contribution in [-0.4, -0.2) is 39.7 Å². The van der Waals surface area contributed by atoms with Crippen molar-refractivity contribution < 1.29 is 28.5 Å². The zero-order chi connectivity index (χ0) is 16.5. The van der Waals surface area contributed by atoms with E-state index in [4.69, 9.17) is 9.47 Å². The van der Waals surface area contributed by atoms with Crippen molar-refractivity contribution in [3.63, 3.8) is 0 Å². The second-order valence-electron chi connectivity index (χ2n) is 5.14. The Balaban J connectivity index is 3.05. The van der Waals surface area contributed by atoms with Crippen LogP contribution < -0.4 is 0 Å². The number of hydrogen-bond donors (Lipinski definition) is 0. The molecule has 0 fully saturated rings. The summed E-state index contributed by atoms with van der Waals surface area (Å²) in [6.45, 7) is 0.890. The standard InChI is InChI=1S/C16H30O6/c1-19-15(17)21-13-11-9-7-5-3-4-6-8-10-12-14-22-16(18)20-2/h3-14H2,1-2H3. The quantitative estimate of drug-likeness (QED) is 0.369. The van der Waals surface area contributed by atoms with Crippen molar-refractivity contribution in [2.24, 2.45) is 0 Å². The maximum absolute atomic E-state index is 10.7. The van der Waals surface area contributed by atoms with Crippen LogP contribution in [0, 0.1) is 0 Å². The van der Waals surface area contributed by atoms with Crippen molar-refractivity contribution >= 4 is 12.3 Å². The van der Waals surface area contributed by atoms with E-state index in [9.17, 15) is 9.59 Å². The molecular formula is C16H30O6. The van der Waals surface area contributed by atoms with E-state index in [2.05, 4.69) is 9.47 Å². The summed E-state index contributed by atoms with van der Waals surface area (Å²) in [6, 6.07) is 0. The minimum atomic E-state index is -0.600. The second-order valence-corrected chi connectivity index (χ2v) is 5.14. The Bertz CT molecular complexity index is 252. The third kappa shape index (κ3) is 14.9. The average molecular weight is 318 g/mol. The molecule has 0 aliphatic heterocycles. The van der Waals surface area contributed by atoms with Crippen LogP contribution in [0.2, 0.25) is 0 Å². The molecule has 130 valence electrons. The summed E-state index contributed by atoms with van der Waals surface area (Å²) < 4.78 is 18.4. The largest absolute Gasteiger partial charge is 0.507 e. The van der Waals surface area contributed by atoms with Crippen LogP contribution in [0.1, 0.15) is 64.2 Å². The van der Waals surface area contributed by atoms with Crippen LogP contribution in [0.15, 0.2) is 0 Å². The fourth-order valence-electron chi connectivity index (χ4n) is 2.05. The molecule has 0 N–H and O–H groups in total. The normalized spacial score (nSPS) is 10.1. The Labute approximate surface area is 133 Å². The summed E-state index contributed by atoms with van der Waals surface area (Å²) in [6.07, 6.45) is 10.1. The number of unbranched alkanes of at least 4 members (excludes halogenated alkanes) is 9. The number of ether oxygens (including phenoxy) is 4. The number of carbonyl (C=O) groups excluding carboxylic acids is 2. The van der Waals surface area contributed by atoms with Gasteiger partial charge in [0, 0.05) is 0 Å².